The average Bonchev–Trinajstić information content (AvgIpc) is 3.16. The normalized spacial score (nSPS) is 31.3. The zero-order valence-corrected chi connectivity index (χ0v) is 16.6. The van der Waals surface area contributed by atoms with Crippen molar-refractivity contribution >= 4 is 11.7 Å². The molecule has 0 N–H and O–H groups in total. The van der Waals surface area contributed by atoms with Gasteiger partial charge in [0, 0.05) is 11.6 Å². The summed E-state index contributed by atoms with van der Waals surface area (Å²) >= 11 is 0. The second-order valence-electron chi connectivity index (χ2n) is 9.07. The average molecular weight is 367 g/mol. The van der Waals surface area contributed by atoms with Gasteiger partial charge in [0.15, 0.2) is 0 Å². The van der Waals surface area contributed by atoms with E-state index in [9.17, 15) is 4.79 Å². The fourth-order valence-electron chi connectivity index (χ4n) is 5.69. The topological polar surface area (TPSA) is 46.3 Å². The number of carbonyl (C=O) groups excluding carboxylic acids is 1. The van der Waals surface area contributed by atoms with Crippen molar-refractivity contribution in [3.05, 3.63) is 48.6 Å². The van der Waals surface area contributed by atoms with Crippen LogP contribution in [0.3, 0.4) is 0 Å². The molecule has 4 rings (SSSR count). The summed E-state index contributed by atoms with van der Waals surface area (Å²) in [4.78, 5) is 20.3. The number of carbonyl (C=O) groups is 1. The number of rotatable bonds is 4. The first-order chi connectivity index (χ1) is 13.0. The summed E-state index contributed by atoms with van der Waals surface area (Å²) in [7, 11) is 0. The summed E-state index contributed by atoms with van der Waals surface area (Å²) in [6.45, 7) is 6.57. The van der Waals surface area contributed by atoms with Crippen molar-refractivity contribution in [2.75, 3.05) is 4.90 Å². The molecule has 2 aliphatic carbocycles. The van der Waals surface area contributed by atoms with Crippen LogP contribution in [0.15, 0.2) is 47.2 Å². The number of hydrogen-bond acceptors (Lipinski definition) is 3. The van der Waals surface area contributed by atoms with Gasteiger partial charge in [-0.1, -0.05) is 19.9 Å². The summed E-state index contributed by atoms with van der Waals surface area (Å²) in [5.74, 6) is 3.83. The molecule has 2 heterocycles. The molecule has 144 valence electrons. The molecule has 2 saturated carbocycles. The molecule has 2 aromatic heterocycles. The first-order valence-electron chi connectivity index (χ1n) is 10.2. The molecule has 2 bridgehead atoms. The maximum Gasteiger partial charge on any atom is 0.234 e. The molecule has 0 radical (unpaired) electrons. The Balaban J connectivity index is 1.66. The van der Waals surface area contributed by atoms with E-state index in [4.69, 9.17) is 4.42 Å². The minimum absolute atomic E-state index is 0.181. The molecule has 4 unspecified atom stereocenters. The number of hydrogen-bond donors (Lipinski definition) is 0. The lowest BCUT2D eigenvalue weighted by Crippen LogP contribution is -2.49. The third-order valence-corrected chi connectivity index (χ3v) is 6.59. The lowest BCUT2D eigenvalue weighted by atomic mass is 9.59. The molecular formula is C23H30N2O2. The Morgan fingerprint density at radius 1 is 1.19 bits per heavy atom. The lowest BCUT2D eigenvalue weighted by Gasteiger charge is -2.48. The number of aromatic nitrogens is 1. The summed E-state index contributed by atoms with van der Waals surface area (Å²) in [5.41, 5.74) is -0.327. The van der Waals surface area contributed by atoms with E-state index in [0.29, 0.717) is 17.7 Å². The van der Waals surface area contributed by atoms with Crippen molar-refractivity contribution in [3.8, 4) is 0 Å². The highest BCUT2D eigenvalue weighted by molar-refractivity contribution is 5.97. The van der Waals surface area contributed by atoms with E-state index >= 15 is 0 Å². The SMILES string of the molecule is CC1CC2C[C@H](C1)CC(C)(C(=O)N(c1ccccn1)C(C)c1ccco1)C2. The maximum absolute atomic E-state index is 13.9. The smallest absolute Gasteiger partial charge is 0.234 e. The predicted molar refractivity (Wildman–Crippen MR) is 106 cm³/mol. The highest BCUT2D eigenvalue weighted by atomic mass is 16.3. The summed E-state index contributed by atoms with van der Waals surface area (Å²) in [6, 6.07) is 9.38. The predicted octanol–water partition coefficient (Wildman–Crippen LogP) is 5.62. The number of anilines is 1. The first kappa shape index (κ1) is 18.3. The van der Waals surface area contributed by atoms with Crippen LogP contribution in [0.1, 0.15) is 64.7 Å². The van der Waals surface area contributed by atoms with Gasteiger partial charge in [0.05, 0.1) is 12.3 Å². The number of amides is 1. The van der Waals surface area contributed by atoms with Crippen LogP contribution < -0.4 is 4.90 Å². The van der Waals surface area contributed by atoms with Crippen molar-refractivity contribution in [2.24, 2.45) is 23.2 Å². The Morgan fingerprint density at radius 2 is 1.93 bits per heavy atom. The van der Waals surface area contributed by atoms with E-state index in [1.807, 2.05) is 42.2 Å². The van der Waals surface area contributed by atoms with Crippen molar-refractivity contribution in [2.45, 2.75) is 58.9 Å². The highest BCUT2D eigenvalue weighted by Crippen LogP contribution is 2.51. The van der Waals surface area contributed by atoms with Crippen molar-refractivity contribution in [3.63, 3.8) is 0 Å². The minimum Gasteiger partial charge on any atom is -0.467 e. The minimum atomic E-state index is -0.327. The molecule has 0 aliphatic heterocycles. The molecule has 0 saturated heterocycles. The van der Waals surface area contributed by atoms with Gasteiger partial charge in [0.25, 0.3) is 0 Å². The van der Waals surface area contributed by atoms with Gasteiger partial charge in [-0.05, 0) is 81.0 Å². The third kappa shape index (κ3) is 3.54. The van der Waals surface area contributed by atoms with Gasteiger partial charge in [-0.15, -0.1) is 0 Å². The number of pyridine rings is 1. The van der Waals surface area contributed by atoms with E-state index in [1.165, 1.54) is 19.3 Å². The third-order valence-electron chi connectivity index (χ3n) is 6.59. The van der Waals surface area contributed by atoms with E-state index in [1.54, 1.807) is 12.5 Å². The molecule has 0 aromatic carbocycles. The van der Waals surface area contributed by atoms with Crippen LogP contribution in [0.2, 0.25) is 0 Å². The van der Waals surface area contributed by atoms with Crippen molar-refractivity contribution in [1.82, 2.24) is 4.98 Å². The van der Waals surface area contributed by atoms with Crippen LogP contribution in [0.4, 0.5) is 5.82 Å². The molecule has 4 nitrogen and oxygen atoms in total. The fourth-order valence-corrected chi connectivity index (χ4v) is 5.69. The van der Waals surface area contributed by atoms with Crippen LogP contribution in [-0.2, 0) is 4.79 Å². The van der Waals surface area contributed by atoms with Gasteiger partial charge >= 0.3 is 0 Å². The summed E-state index contributed by atoms with van der Waals surface area (Å²) in [6.07, 6.45) is 9.21. The quantitative estimate of drug-likeness (QED) is 0.705. The zero-order valence-electron chi connectivity index (χ0n) is 16.6. The molecule has 0 spiro atoms. The lowest BCUT2D eigenvalue weighted by molar-refractivity contribution is -0.133. The van der Waals surface area contributed by atoms with E-state index in [0.717, 1.165) is 24.5 Å². The second-order valence-corrected chi connectivity index (χ2v) is 9.07. The molecule has 2 fully saturated rings. The number of fused-ring (bicyclic) bond motifs is 2. The van der Waals surface area contributed by atoms with E-state index < -0.39 is 0 Å². The van der Waals surface area contributed by atoms with Gasteiger partial charge < -0.3 is 4.42 Å². The molecule has 2 aliphatic rings. The molecule has 2 aromatic rings. The molecule has 27 heavy (non-hydrogen) atoms. The molecule has 1 amide bonds. The van der Waals surface area contributed by atoms with Crippen LogP contribution >= 0.6 is 0 Å². The Bertz CT molecular complexity index is 753. The monoisotopic (exact) mass is 366 g/mol. The largest absolute Gasteiger partial charge is 0.467 e. The van der Waals surface area contributed by atoms with Gasteiger partial charge in [-0.25, -0.2) is 4.98 Å². The van der Waals surface area contributed by atoms with E-state index in [-0.39, 0.29) is 17.4 Å². The van der Waals surface area contributed by atoms with Gasteiger partial charge in [-0.2, -0.15) is 0 Å². The Labute approximate surface area is 162 Å². The molecule has 4 heteroatoms. The Kier molecular flexibility index (Phi) is 4.83. The van der Waals surface area contributed by atoms with Crippen molar-refractivity contribution < 1.29 is 9.21 Å². The van der Waals surface area contributed by atoms with Gasteiger partial charge in [0.2, 0.25) is 5.91 Å². The maximum atomic E-state index is 13.9. The zero-order chi connectivity index (χ0) is 19.0. The number of nitrogens with zero attached hydrogens (tertiary/aromatic N) is 2. The van der Waals surface area contributed by atoms with Crippen LogP contribution in [0.25, 0.3) is 0 Å². The fraction of sp³-hybridized carbons (Fsp3) is 0.565. The molecule has 5 atom stereocenters. The first-order valence-corrected chi connectivity index (χ1v) is 10.2. The Hall–Kier alpha value is -2.10. The van der Waals surface area contributed by atoms with Crippen LogP contribution in [0.5, 0.6) is 0 Å². The van der Waals surface area contributed by atoms with Crippen LogP contribution in [0, 0.1) is 23.2 Å². The van der Waals surface area contributed by atoms with Crippen LogP contribution in [-0.4, -0.2) is 10.9 Å². The Morgan fingerprint density at radius 3 is 2.52 bits per heavy atom. The standard InChI is InChI=1S/C23H30N2O2/c1-16-11-18-13-19(12-16)15-23(3,14-18)22(26)25(21-8-4-5-9-24-21)17(2)20-7-6-10-27-20/h4-10,16-19H,11-15H2,1-3H3/t16?,17?,18-,19?,23?/m0/s1. The number of furan rings is 1. The summed E-state index contributed by atoms with van der Waals surface area (Å²) in [5, 5.41) is 0. The van der Waals surface area contributed by atoms with Gasteiger partial charge in [-0.3, -0.25) is 9.69 Å². The highest BCUT2D eigenvalue weighted by Gasteiger charge is 2.48. The van der Waals surface area contributed by atoms with Crippen molar-refractivity contribution in [1.29, 1.82) is 0 Å². The van der Waals surface area contributed by atoms with Gasteiger partial charge in [0.1, 0.15) is 11.6 Å². The second kappa shape index (κ2) is 7.14. The van der Waals surface area contributed by atoms with E-state index in [2.05, 4.69) is 18.8 Å². The summed E-state index contributed by atoms with van der Waals surface area (Å²) < 4.78 is 5.64. The molecular weight excluding hydrogens is 336 g/mol.